The van der Waals surface area contributed by atoms with Gasteiger partial charge in [-0.1, -0.05) is 27.7 Å². The van der Waals surface area contributed by atoms with E-state index in [-0.39, 0.29) is 10.8 Å². The summed E-state index contributed by atoms with van der Waals surface area (Å²) in [5.74, 6) is 0.780. The van der Waals surface area contributed by atoms with E-state index in [0.717, 1.165) is 35.9 Å². The predicted molar refractivity (Wildman–Crippen MR) is 80.2 cm³/mol. The molecule has 0 amide bonds. The SMILES string of the molecule is CC1CCC(C#N)(Cc2nc(C(C)(C)C)cs2)CC1. The fourth-order valence-corrected chi connectivity index (χ4v) is 3.83. The van der Waals surface area contributed by atoms with Gasteiger partial charge in [-0.15, -0.1) is 11.3 Å². The Labute approximate surface area is 120 Å². The largest absolute Gasteiger partial charge is 0.246 e. The highest BCUT2D eigenvalue weighted by Crippen LogP contribution is 2.41. The first kappa shape index (κ1) is 14.5. The zero-order valence-corrected chi connectivity index (χ0v) is 13.3. The molecule has 2 nitrogen and oxygen atoms in total. The third-order valence-electron chi connectivity index (χ3n) is 4.28. The molecular formula is C16H24N2S. The quantitative estimate of drug-likeness (QED) is 0.784. The summed E-state index contributed by atoms with van der Waals surface area (Å²) in [6.45, 7) is 8.86. The Kier molecular flexibility index (Phi) is 4.01. The number of nitrogens with zero attached hydrogens (tertiary/aromatic N) is 2. The van der Waals surface area contributed by atoms with E-state index in [1.165, 1.54) is 12.8 Å². The Morgan fingerprint density at radius 3 is 2.53 bits per heavy atom. The van der Waals surface area contributed by atoms with Crippen molar-refractivity contribution in [3.8, 4) is 6.07 Å². The Morgan fingerprint density at radius 2 is 2.05 bits per heavy atom. The minimum absolute atomic E-state index is 0.107. The van der Waals surface area contributed by atoms with Crippen molar-refractivity contribution in [2.24, 2.45) is 11.3 Å². The lowest BCUT2D eigenvalue weighted by Gasteiger charge is -2.33. The van der Waals surface area contributed by atoms with Gasteiger partial charge < -0.3 is 0 Å². The number of aromatic nitrogens is 1. The van der Waals surface area contributed by atoms with E-state index < -0.39 is 0 Å². The normalized spacial score (nSPS) is 28.1. The molecule has 1 fully saturated rings. The maximum Gasteiger partial charge on any atom is 0.0944 e. The van der Waals surface area contributed by atoms with Crippen LogP contribution in [0.1, 0.15) is 64.1 Å². The molecule has 3 heteroatoms. The van der Waals surface area contributed by atoms with Gasteiger partial charge in [-0.25, -0.2) is 4.98 Å². The number of rotatable bonds is 2. The molecule has 1 saturated carbocycles. The summed E-state index contributed by atoms with van der Waals surface area (Å²) in [6.07, 6.45) is 5.29. The second-order valence-corrected chi connectivity index (χ2v) is 8.07. The Hall–Kier alpha value is -0.880. The minimum atomic E-state index is -0.153. The van der Waals surface area contributed by atoms with E-state index in [0.29, 0.717) is 0 Å². The highest BCUT2D eigenvalue weighted by Gasteiger charge is 2.35. The standard InChI is InChI=1S/C16H24N2S/c1-12-5-7-16(11-17,8-6-12)9-14-18-13(10-19-14)15(2,3)4/h10,12H,5-9H2,1-4H3. The maximum atomic E-state index is 9.58. The highest BCUT2D eigenvalue weighted by atomic mass is 32.1. The molecule has 104 valence electrons. The summed E-state index contributed by atoms with van der Waals surface area (Å²) in [6, 6.07) is 2.60. The van der Waals surface area contributed by atoms with E-state index in [1.807, 2.05) is 0 Å². The summed E-state index contributed by atoms with van der Waals surface area (Å²) in [7, 11) is 0. The molecule has 0 bridgehead atoms. The van der Waals surface area contributed by atoms with Gasteiger partial charge in [-0.3, -0.25) is 0 Å². The molecule has 0 saturated heterocycles. The van der Waals surface area contributed by atoms with Crippen LogP contribution >= 0.6 is 11.3 Å². The van der Waals surface area contributed by atoms with E-state index in [1.54, 1.807) is 11.3 Å². The second kappa shape index (κ2) is 5.25. The van der Waals surface area contributed by atoms with Crippen LogP contribution in [0.4, 0.5) is 0 Å². The number of thiazole rings is 1. The van der Waals surface area contributed by atoms with Crippen molar-refractivity contribution in [3.63, 3.8) is 0 Å². The van der Waals surface area contributed by atoms with Gasteiger partial charge in [0.1, 0.15) is 0 Å². The smallest absolute Gasteiger partial charge is 0.0944 e. The molecule has 2 rings (SSSR count). The van der Waals surface area contributed by atoms with Crippen LogP contribution in [0.15, 0.2) is 5.38 Å². The number of hydrogen-bond acceptors (Lipinski definition) is 3. The molecule has 0 aromatic carbocycles. The lowest BCUT2D eigenvalue weighted by Crippen LogP contribution is -2.27. The van der Waals surface area contributed by atoms with Crippen molar-refractivity contribution < 1.29 is 0 Å². The average molecular weight is 276 g/mol. The molecule has 1 aromatic heterocycles. The van der Waals surface area contributed by atoms with Crippen LogP contribution in [0.2, 0.25) is 0 Å². The van der Waals surface area contributed by atoms with Gasteiger partial charge in [-0.05, 0) is 31.6 Å². The zero-order chi connectivity index (χ0) is 14.1. The minimum Gasteiger partial charge on any atom is -0.246 e. The first-order valence-electron chi connectivity index (χ1n) is 7.21. The third-order valence-corrected chi connectivity index (χ3v) is 5.13. The molecule has 0 spiro atoms. The maximum absolute atomic E-state index is 9.58. The Bertz CT molecular complexity index is 468. The van der Waals surface area contributed by atoms with Crippen molar-refractivity contribution in [1.29, 1.82) is 5.26 Å². The molecule has 0 atom stereocenters. The fraction of sp³-hybridized carbons (Fsp3) is 0.750. The molecule has 0 aliphatic heterocycles. The topological polar surface area (TPSA) is 36.7 Å². The van der Waals surface area contributed by atoms with E-state index in [4.69, 9.17) is 4.98 Å². The first-order valence-corrected chi connectivity index (χ1v) is 8.09. The Morgan fingerprint density at radius 1 is 1.42 bits per heavy atom. The molecule has 19 heavy (non-hydrogen) atoms. The van der Waals surface area contributed by atoms with Gasteiger partial charge in [-0.2, -0.15) is 5.26 Å². The van der Waals surface area contributed by atoms with E-state index in [2.05, 4.69) is 39.1 Å². The van der Waals surface area contributed by atoms with Crippen LogP contribution in [-0.4, -0.2) is 4.98 Å². The lowest BCUT2D eigenvalue weighted by atomic mass is 9.70. The predicted octanol–water partition coefficient (Wildman–Crippen LogP) is 4.70. The molecule has 1 aromatic rings. The van der Waals surface area contributed by atoms with Gasteiger partial charge in [0.15, 0.2) is 0 Å². The molecule has 1 aliphatic carbocycles. The lowest BCUT2D eigenvalue weighted by molar-refractivity contribution is 0.218. The van der Waals surface area contributed by atoms with Crippen molar-refractivity contribution in [1.82, 2.24) is 4.98 Å². The molecular weight excluding hydrogens is 252 g/mol. The first-order chi connectivity index (χ1) is 8.85. The summed E-state index contributed by atoms with van der Waals surface area (Å²) in [4.78, 5) is 4.76. The van der Waals surface area contributed by atoms with Crippen LogP contribution in [0.25, 0.3) is 0 Å². The van der Waals surface area contributed by atoms with Crippen LogP contribution in [0.3, 0.4) is 0 Å². The van der Waals surface area contributed by atoms with Crippen LogP contribution < -0.4 is 0 Å². The van der Waals surface area contributed by atoms with E-state index in [9.17, 15) is 5.26 Å². The third kappa shape index (κ3) is 3.36. The van der Waals surface area contributed by atoms with Gasteiger partial charge in [0, 0.05) is 17.2 Å². The molecule has 1 heterocycles. The second-order valence-electron chi connectivity index (χ2n) is 7.13. The fourth-order valence-electron chi connectivity index (χ4n) is 2.67. The zero-order valence-electron chi connectivity index (χ0n) is 12.5. The van der Waals surface area contributed by atoms with Crippen molar-refractivity contribution in [3.05, 3.63) is 16.1 Å². The highest BCUT2D eigenvalue weighted by molar-refractivity contribution is 7.09. The Balaban J connectivity index is 2.11. The van der Waals surface area contributed by atoms with Crippen molar-refractivity contribution in [2.45, 2.75) is 65.2 Å². The summed E-state index contributed by atoms with van der Waals surface area (Å²) >= 11 is 1.72. The van der Waals surface area contributed by atoms with Crippen molar-refractivity contribution >= 4 is 11.3 Å². The van der Waals surface area contributed by atoms with Crippen LogP contribution in [0, 0.1) is 22.7 Å². The van der Waals surface area contributed by atoms with Crippen molar-refractivity contribution in [2.75, 3.05) is 0 Å². The average Bonchev–Trinajstić information content (AvgIpc) is 2.81. The molecule has 1 aliphatic rings. The van der Waals surface area contributed by atoms with Crippen LogP contribution in [0.5, 0.6) is 0 Å². The molecule has 0 unspecified atom stereocenters. The van der Waals surface area contributed by atoms with Gasteiger partial charge in [0.2, 0.25) is 0 Å². The molecule has 0 radical (unpaired) electrons. The van der Waals surface area contributed by atoms with Gasteiger partial charge >= 0.3 is 0 Å². The number of hydrogen-bond donors (Lipinski definition) is 0. The summed E-state index contributed by atoms with van der Waals surface area (Å²) in [5.41, 5.74) is 1.11. The van der Waals surface area contributed by atoms with Crippen LogP contribution in [-0.2, 0) is 11.8 Å². The number of nitriles is 1. The monoisotopic (exact) mass is 276 g/mol. The van der Waals surface area contributed by atoms with E-state index >= 15 is 0 Å². The van der Waals surface area contributed by atoms with Gasteiger partial charge in [0.05, 0.1) is 22.2 Å². The summed E-state index contributed by atoms with van der Waals surface area (Å²) in [5, 5.41) is 12.9. The summed E-state index contributed by atoms with van der Waals surface area (Å²) < 4.78 is 0. The molecule has 0 N–H and O–H groups in total. The van der Waals surface area contributed by atoms with Gasteiger partial charge in [0.25, 0.3) is 0 Å².